The van der Waals surface area contributed by atoms with E-state index in [0.717, 1.165) is 33.3 Å². The minimum Gasteiger partial charge on any atom is -0.466 e. The molecule has 0 bridgehead atoms. The highest BCUT2D eigenvalue weighted by molar-refractivity contribution is 5.92. The maximum Gasteiger partial charge on any atom is 0.360 e. The van der Waals surface area contributed by atoms with Gasteiger partial charge >= 0.3 is 11.6 Å². The molecule has 0 fully saturated rings. The zero-order chi connectivity index (χ0) is 29.5. The van der Waals surface area contributed by atoms with Crippen LogP contribution in [0.15, 0.2) is 136 Å². The summed E-state index contributed by atoms with van der Waals surface area (Å²) in [6, 6.07) is 37.7. The molecule has 0 aliphatic carbocycles. The lowest BCUT2D eigenvalue weighted by Crippen LogP contribution is -2.49. The molecule has 4 aromatic carbocycles. The fourth-order valence-corrected chi connectivity index (χ4v) is 7.16. The number of anilines is 1. The van der Waals surface area contributed by atoms with Crippen LogP contribution in [0.1, 0.15) is 47.2 Å². The molecule has 3 heterocycles. The van der Waals surface area contributed by atoms with Crippen molar-refractivity contribution in [2.75, 3.05) is 12.4 Å². The van der Waals surface area contributed by atoms with Crippen LogP contribution in [-0.2, 0) is 16.1 Å². The van der Waals surface area contributed by atoms with E-state index in [2.05, 4.69) is 46.6 Å². The van der Waals surface area contributed by atoms with Gasteiger partial charge in [0.25, 0.3) is 0 Å². The maximum atomic E-state index is 13.8. The summed E-state index contributed by atoms with van der Waals surface area (Å²) in [6.07, 6.45) is 0. The Morgan fingerprint density at radius 3 is 2.12 bits per heavy atom. The summed E-state index contributed by atoms with van der Waals surface area (Å²) < 4.78 is 11.4. The van der Waals surface area contributed by atoms with Gasteiger partial charge < -0.3 is 19.4 Å². The van der Waals surface area contributed by atoms with E-state index in [9.17, 15) is 9.59 Å². The summed E-state index contributed by atoms with van der Waals surface area (Å²) in [5, 5.41) is 4.52. The molecule has 4 atom stereocenters. The summed E-state index contributed by atoms with van der Waals surface area (Å²) in [7, 11) is 1.44. The molecule has 0 unspecified atom stereocenters. The first-order valence-corrected chi connectivity index (χ1v) is 14.6. The quantitative estimate of drug-likeness (QED) is 0.176. The van der Waals surface area contributed by atoms with Crippen molar-refractivity contribution in [1.82, 2.24) is 4.90 Å². The average Bonchev–Trinajstić information content (AvgIpc) is 3.06. The van der Waals surface area contributed by atoms with Crippen molar-refractivity contribution in [2.24, 2.45) is 5.92 Å². The van der Waals surface area contributed by atoms with Crippen LogP contribution < -0.4 is 10.9 Å². The number of methoxy groups -OCH3 is 1. The highest BCUT2D eigenvalue weighted by Crippen LogP contribution is 2.59. The SMILES string of the molecule is COC(=O)C1=C(C)N(Cc2ccccc2)[C@@H]2c3c(c(=O)oc4ccccc34)N[C@@H](c3ccccc3)[C@@H]2[C@@H]1c1ccccc1. The third-order valence-corrected chi connectivity index (χ3v) is 8.97. The summed E-state index contributed by atoms with van der Waals surface area (Å²) in [5.41, 5.74) is 6.12. The minimum atomic E-state index is -0.399. The second-order valence-corrected chi connectivity index (χ2v) is 11.2. The Balaban J connectivity index is 1.59. The van der Waals surface area contributed by atoms with Gasteiger partial charge in [0.15, 0.2) is 0 Å². The minimum absolute atomic E-state index is 0.191. The molecular weight excluding hydrogens is 536 g/mol. The largest absolute Gasteiger partial charge is 0.466 e. The molecule has 0 saturated heterocycles. The first-order chi connectivity index (χ1) is 21.1. The third kappa shape index (κ3) is 4.50. The molecule has 7 rings (SSSR count). The molecule has 43 heavy (non-hydrogen) atoms. The predicted molar refractivity (Wildman–Crippen MR) is 167 cm³/mol. The van der Waals surface area contributed by atoms with Crippen LogP contribution in [-0.4, -0.2) is 18.0 Å². The van der Waals surface area contributed by atoms with Crippen molar-refractivity contribution >= 4 is 22.6 Å². The molecule has 0 radical (unpaired) electrons. The normalized spacial score (nSPS) is 21.1. The van der Waals surface area contributed by atoms with Gasteiger partial charge in [-0.3, -0.25) is 0 Å². The second-order valence-electron chi connectivity index (χ2n) is 11.2. The van der Waals surface area contributed by atoms with Crippen molar-refractivity contribution < 1.29 is 13.9 Å². The van der Waals surface area contributed by atoms with Crippen LogP contribution in [0, 0.1) is 5.92 Å². The van der Waals surface area contributed by atoms with Crippen LogP contribution in [0.4, 0.5) is 5.69 Å². The number of rotatable bonds is 5. The molecule has 214 valence electrons. The van der Waals surface area contributed by atoms with Gasteiger partial charge in [-0.05, 0) is 29.7 Å². The molecule has 0 spiro atoms. The van der Waals surface area contributed by atoms with Crippen molar-refractivity contribution in [3.05, 3.63) is 159 Å². The smallest absolute Gasteiger partial charge is 0.360 e. The highest BCUT2D eigenvalue weighted by Gasteiger charge is 2.52. The second kappa shape index (κ2) is 11.0. The molecule has 0 saturated carbocycles. The van der Waals surface area contributed by atoms with E-state index in [-0.39, 0.29) is 29.9 Å². The van der Waals surface area contributed by atoms with Gasteiger partial charge in [0.1, 0.15) is 11.3 Å². The van der Waals surface area contributed by atoms with E-state index in [1.807, 2.05) is 85.8 Å². The average molecular weight is 569 g/mol. The molecule has 6 nitrogen and oxygen atoms in total. The highest BCUT2D eigenvalue weighted by atomic mass is 16.5. The third-order valence-electron chi connectivity index (χ3n) is 8.97. The monoisotopic (exact) mass is 568 g/mol. The number of para-hydroxylation sites is 1. The van der Waals surface area contributed by atoms with E-state index < -0.39 is 5.63 Å². The Bertz CT molecular complexity index is 1880. The molecule has 2 aliphatic heterocycles. The van der Waals surface area contributed by atoms with E-state index in [4.69, 9.17) is 9.15 Å². The number of esters is 1. The Morgan fingerprint density at radius 1 is 0.837 bits per heavy atom. The van der Waals surface area contributed by atoms with Gasteiger partial charge in [-0.2, -0.15) is 0 Å². The number of ether oxygens (including phenoxy) is 1. The lowest BCUT2D eigenvalue weighted by molar-refractivity contribution is -0.137. The van der Waals surface area contributed by atoms with E-state index >= 15 is 0 Å². The molecule has 2 aliphatic rings. The van der Waals surface area contributed by atoms with Crippen molar-refractivity contribution in [3.8, 4) is 0 Å². The number of hydrogen-bond acceptors (Lipinski definition) is 6. The topological polar surface area (TPSA) is 71.8 Å². The zero-order valence-electron chi connectivity index (χ0n) is 24.1. The van der Waals surface area contributed by atoms with E-state index in [0.29, 0.717) is 23.4 Å². The van der Waals surface area contributed by atoms with Gasteiger partial charge in [0.2, 0.25) is 0 Å². The van der Waals surface area contributed by atoms with Gasteiger partial charge in [-0.1, -0.05) is 109 Å². The van der Waals surface area contributed by atoms with Crippen LogP contribution in [0.3, 0.4) is 0 Å². The number of nitrogens with one attached hydrogen (secondary N) is 1. The first kappa shape index (κ1) is 26.8. The number of benzene rings is 4. The molecule has 0 amide bonds. The molecule has 6 heteroatoms. The van der Waals surface area contributed by atoms with E-state index in [1.54, 1.807) is 0 Å². The van der Waals surface area contributed by atoms with Gasteiger partial charge in [0, 0.05) is 35.0 Å². The zero-order valence-corrected chi connectivity index (χ0v) is 24.1. The molecule has 1 aromatic heterocycles. The Kier molecular flexibility index (Phi) is 6.82. The lowest BCUT2D eigenvalue weighted by atomic mass is 9.64. The fourth-order valence-electron chi connectivity index (χ4n) is 7.16. The van der Waals surface area contributed by atoms with Gasteiger partial charge in [0.05, 0.1) is 24.8 Å². The van der Waals surface area contributed by atoms with Crippen molar-refractivity contribution in [2.45, 2.75) is 31.5 Å². The van der Waals surface area contributed by atoms with Gasteiger partial charge in [-0.25, -0.2) is 9.59 Å². The summed E-state index contributed by atoms with van der Waals surface area (Å²) >= 11 is 0. The Morgan fingerprint density at radius 2 is 1.44 bits per heavy atom. The van der Waals surface area contributed by atoms with Crippen LogP contribution in [0.2, 0.25) is 0 Å². The lowest BCUT2D eigenvalue weighted by Gasteiger charge is -2.53. The molecule has 5 aromatic rings. The molecule has 1 N–H and O–H groups in total. The number of nitrogens with zero attached hydrogens (tertiary/aromatic N) is 1. The standard InChI is InChI=1S/C37H32N2O4/c1-23-29(36(40)42-2)30(25-16-8-4-9-17-25)32-33(26-18-10-5-11-19-26)38-34-31(27-20-12-13-21-28(27)43-37(34)41)35(32)39(23)22-24-14-6-3-7-15-24/h3-21,30,32-33,35,38H,22H2,1-2H3/t30-,32+,33+,35-/m1/s1. The Hall–Kier alpha value is -5.10. The van der Waals surface area contributed by atoms with E-state index in [1.165, 1.54) is 7.11 Å². The van der Waals surface area contributed by atoms with Crippen LogP contribution >= 0.6 is 0 Å². The summed E-state index contributed by atoms with van der Waals surface area (Å²) in [6.45, 7) is 2.56. The Labute approximate surface area is 250 Å². The number of carbonyl (C=O) groups is 1. The van der Waals surface area contributed by atoms with Crippen molar-refractivity contribution in [1.29, 1.82) is 0 Å². The van der Waals surface area contributed by atoms with Crippen LogP contribution in [0.25, 0.3) is 11.0 Å². The van der Waals surface area contributed by atoms with Gasteiger partial charge in [-0.15, -0.1) is 0 Å². The molecular formula is C37H32N2O4. The number of hydrogen-bond donors (Lipinski definition) is 1. The first-order valence-electron chi connectivity index (χ1n) is 14.6. The maximum absolute atomic E-state index is 13.8. The summed E-state index contributed by atoms with van der Waals surface area (Å²) in [4.78, 5) is 29.8. The fraction of sp³-hybridized carbons (Fsp3) is 0.189. The number of allylic oxidation sites excluding steroid dienone is 1. The number of carbonyl (C=O) groups excluding carboxylic acids is 1. The summed E-state index contributed by atoms with van der Waals surface area (Å²) in [5.74, 6) is -0.857. The number of fused-ring (bicyclic) bond motifs is 5. The predicted octanol–water partition coefficient (Wildman–Crippen LogP) is 7.36. The van der Waals surface area contributed by atoms with Crippen molar-refractivity contribution in [3.63, 3.8) is 0 Å². The van der Waals surface area contributed by atoms with Crippen LogP contribution in [0.5, 0.6) is 0 Å².